The summed E-state index contributed by atoms with van der Waals surface area (Å²) in [4.78, 5) is 9.89. The van der Waals surface area contributed by atoms with Crippen LogP contribution in [0, 0.1) is 0 Å². The number of pyridine rings is 1. The van der Waals surface area contributed by atoms with E-state index in [-0.39, 0.29) is 11.4 Å². The van der Waals surface area contributed by atoms with Crippen molar-refractivity contribution in [2.45, 2.75) is 24.0 Å². The van der Waals surface area contributed by atoms with Crippen LogP contribution in [0.25, 0.3) is 22.2 Å². The van der Waals surface area contributed by atoms with Gasteiger partial charge in [-0.15, -0.1) is 0 Å². The van der Waals surface area contributed by atoms with Gasteiger partial charge in [0.25, 0.3) is 0 Å². The van der Waals surface area contributed by atoms with Crippen molar-refractivity contribution in [2.75, 3.05) is 32.1 Å². The van der Waals surface area contributed by atoms with Crippen LogP contribution in [0.4, 0.5) is 5.69 Å². The molecule has 1 saturated heterocycles. The van der Waals surface area contributed by atoms with Crippen LogP contribution in [-0.4, -0.2) is 61.1 Å². The van der Waals surface area contributed by atoms with E-state index in [1.807, 2.05) is 36.4 Å². The summed E-state index contributed by atoms with van der Waals surface area (Å²) < 4.78 is 33.7. The number of β-amino-alcohol motifs (C(OH)–C–C–N with tert-alkyl or cyclic N) is 1. The van der Waals surface area contributed by atoms with Gasteiger partial charge in [-0.05, 0) is 42.8 Å². The number of aromatic amines is 1. The number of aliphatic hydroxyl groups is 1. The summed E-state index contributed by atoms with van der Waals surface area (Å²) in [5.41, 5.74) is 4.16. The zero-order valence-corrected chi connectivity index (χ0v) is 20.5. The van der Waals surface area contributed by atoms with Crippen molar-refractivity contribution in [2.24, 2.45) is 0 Å². The lowest BCUT2D eigenvalue weighted by atomic mass is 10.1. The first-order valence-electron chi connectivity index (χ1n) is 11.5. The van der Waals surface area contributed by atoms with Gasteiger partial charge in [0, 0.05) is 66.3 Å². The fourth-order valence-corrected chi connectivity index (χ4v) is 5.75. The van der Waals surface area contributed by atoms with Crippen LogP contribution in [0.15, 0.2) is 71.8 Å². The average Bonchev–Trinajstić information content (AvgIpc) is 3.50. The number of hydrogen-bond acceptors (Lipinski definition) is 6. The smallest absolute Gasteiger partial charge is 0.243 e. The summed E-state index contributed by atoms with van der Waals surface area (Å²) in [5, 5.41) is 11.2. The zero-order chi connectivity index (χ0) is 24.6. The molecule has 8 nitrogen and oxygen atoms in total. The Morgan fingerprint density at radius 2 is 2.00 bits per heavy atom. The third-order valence-corrected chi connectivity index (χ3v) is 8.24. The number of H-pyrrole nitrogens is 1. The molecule has 35 heavy (non-hydrogen) atoms. The van der Waals surface area contributed by atoms with Crippen LogP contribution in [0.2, 0.25) is 0 Å². The van der Waals surface area contributed by atoms with E-state index in [1.165, 1.54) is 11.4 Å². The summed E-state index contributed by atoms with van der Waals surface area (Å²) in [6, 6.07) is 18.7. The maximum atomic E-state index is 13.6. The van der Waals surface area contributed by atoms with Crippen molar-refractivity contribution in [1.29, 1.82) is 0 Å². The number of fused-ring (bicyclic) bond motifs is 1. The van der Waals surface area contributed by atoms with Crippen LogP contribution >= 0.6 is 0 Å². The maximum absolute atomic E-state index is 13.6. The molecule has 0 unspecified atom stereocenters. The van der Waals surface area contributed by atoms with Crippen LogP contribution in [0.3, 0.4) is 0 Å². The normalized spacial score (nSPS) is 16.3. The predicted molar refractivity (Wildman–Crippen MR) is 136 cm³/mol. The second kappa shape index (κ2) is 9.33. The molecule has 9 heteroatoms. The van der Waals surface area contributed by atoms with E-state index in [9.17, 15) is 13.5 Å². The third kappa shape index (κ3) is 4.50. The van der Waals surface area contributed by atoms with Gasteiger partial charge in [0.05, 0.1) is 18.1 Å². The molecule has 1 aliphatic rings. The fourth-order valence-electron chi connectivity index (χ4n) is 4.58. The highest BCUT2D eigenvalue weighted by molar-refractivity contribution is 7.89. The van der Waals surface area contributed by atoms with Gasteiger partial charge in [0.15, 0.2) is 0 Å². The number of ether oxygens (including phenoxy) is 1. The van der Waals surface area contributed by atoms with Gasteiger partial charge in [-0.3, -0.25) is 0 Å². The van der Waals surface area contributed by atoms with Crippen molar-refractivity contribution in [1.82, 2.24) is 14.3 Å². The Labute approximate surface area is 204 Å². The molecule has 182 valence electrons. The summed E-state index contributed by atoms with van der Waals surface area (Å²) in [5.74, 6) is 0.399. The minimum Gasteiger partial charge on any atom is -0.481 e. The zero-order valence-electron chi connectivity index (χ0n) is 19.7. The Morgan fingerprint density at radius 3 is 2.74 bits per heavy atom. The Kier molecular flexibility index (Phi) is 6.22. The van der Waals surface area contributed by atoms with Gasteiger partial charge in [-0.25, -0.2) is 13.4 Å². The summed E-state index contributed by atoms with van der Waals surface area (Å²) in [6.45, 7) is 1.35. The summed E-state index contributed by atoms with van der Waals surface area (Å²) in [6.07, 6.45) is 1.90. The molecule has 0 aliphatic carbocycles. The van der Waals surface area contributed by atoms with E-state index in [0.29, 0.717) is 31.0 Å². The molecule has 2 N–H and O–H groups in total. The first kappa shape index (κ1) is 23.3. The first-order valence-corrected chi connectivity index (χ1v) is 12.9. The summed E-state index contributed by atoms with van der Waals surface area (Å²) in [7, 11) is -0.740. The molecule has 1 fully saturated rings. The topological polar surface area (TPSA) is 98.8 Å². The third-order valence-electron chi connectivity index (χ3n) is 6.44. The Morgan fingerprint density at radius 1 is 1.17 bits per heavy atom. The lowest BCUT2D eigenvalue weighted by Gasteiger charge is -2.23. The van der Waals surface area contributed by atoms with Crippen LogP contribution in [0.1, 0.15) is 12.0 Å². The maximum Gasteiger partial charge on any atom is 0.243 e. The Bertz CT molecular complexity index is 1430. The number of aliphatic hydroxyl groups excluding tert-OH is 1. The Balaban J connectivity index is 1.56. The number of methoxy groups -OCH3 is 1. The van der Waals surface area contributed by atoms with E-state index in [2.05, 4.69) is 14.9 Å². The number of aromatic nitrogens is 2. The van der Waals surface area contributed by atoms with Crippen molar-refractivity contribution >= 4 is 26.6 Å². The van der Waals surface area contributed by atoms with Gasteiger partial charge in [0.1, 0.15) is 0 Å². The van der Waals surface area contributed by atoms with Crippen LogP contribution in [0.5, 0.6) is 5.88 Å². The minimum absolute atomic E-state index is 0.126. The number of rotatable bonds is 7. The highest BCUT2D eigenvalue weighted by Crippen LogP contribution is 2.36. The molecule has 1 atom stereocenters. The number of hydrogen-bond donors (Lipinski definition) is 2. The highest BCUT2D eigenvalue weighted by atomic mass is 32.2. The van der Waals surface area contributed by atoms with E-state index < -0.39 is 16.1 Å². The molecule has 2 aromatic heterocycles. The highest BCUT2D eigenvalue weighted by Gasteiger charge is 2.27. The number of sulfonamides is 1. The quantitative estimate of drug-likeness (QED) is 0.409. The molecule has 0 spiro atoms. The first-order chi connectivity index (χ1) is 16.9. The van der Waals surface area contributed by atoms with E-state index >= 15 is 0 Å². The molecule has 3 heterocycles. The number of para-hydroxylation sites is 1. The van der Waals surface area contributed by atoms with Crippen molar-refractivity contribution in [3.63, 3.8) is 0 Å². The minimum atomic E-state index is -3.81. The van der Waals surface area contributed by atoms with Crippen molar-refractivity contribution in [3.8, 4) is 17.1 Å². The number of anilines is 1. The number of nitrogens with one attached hydrogen (secondary N) is 1. The molecule has 0 bridgehead atoms. The number of nitrogens with zero attached hydrogens (tertiary/aromatic N) is 3. The van der Waals surface area contributed by atoms with Gasteiger partial charge in [0.2, 0.25) is 15.9 Å². The van der Waals surface area contributed by atoms with Crippen molar-refractivity contribution in [3.05, 3.63) is 72.4 Å². The molecule has 1 aliphatic heterocycles. The SMILES string of the molecule is COc1ncccc1CN(C)S(=O)(=O)c1ccc(N2CC[C@H](O)C2)c(-c2cc3ccccc3[nH]2)c1. The van der Waals surface area contributed by atoms with E-state index in [0.717, 1.165) is 27.8 Å². The molecular formula is C26H28N4O4S. The van der Waals surface area contributed by atoms with E-state index in [4.69, 9.17) is 4.74 Å². The lowest BCUT2D eigenvalue weighted by molar-refractivity contribution is 0.198. The van der Waals surface area contributed by atoms with Gasteiger partial charge in [-0.1, -0.05) is 24.3 Å². The van der Waals surface area contributed by atoms with Gasteiger partial charge < -0.3 is 19.7 Å². The summed E-state index contributed by atoms with van der Waals surface area (Å²) >= 11 is 0. The molecule has 5 rings (SSSR count). The lowest BCUT2D eigenvalue weighted by Crippen LogP contribution is -2.27. The van der Waals surface area contributed by atoms with Crippen LogP contribution < -0.4 is 9.64 Å². The average molecular weight is 493 g/mol. The molecule has 0 saturated carbocycles. The molecular weight excluding hydrogens is 464 g/mol. The molecule has 0 radical (unpaired) electrons. The molecule has 2 aromatic carbocycles. The second-order valence-electron chi connectivity index (χ2n) is 8.77. The largest absolute Gasteiger partial charge is 0.481 e. The standard InChI is InChI=1S/C26H28N4O4S/c1-29(16-19-7-5-12-27-26(19)34-2)35(32,33)21-9-10-25(30-13-11-20(31)17-30)22(15-21)24-14-18-6-3-4-8-23(18)28-24/h3-10,12,14-15,20,28,31H,11,13,16-17H2,1-2H3/t20-/m0/s1. The van der Waals surface area contributed by atoms with Crippen LogP contribution in [-0.2, 0) is 16.6 Å². The van der Waals surface area contributed by atoms with Crippen molar-refractivity contribution < 1.29 is 18.3 Å². The number of benzene rings is 2. The van der Waals surface area contributed by atoms with E-state index in [1.54, 1.807) is 37.5 Å². The monoisotopic (exact) mass is 492 g/mol. The Hall–Kier alpha value is -3.40. The van der Waals surface area contributed by atoms with Gasteiger partial charge in [-0.2, -0.15) is 4.31 Å². The molecule has 0 amide bonds. The van der Waals surface area contributed by atoms with Gasteiger partial charge >= 0.3 is 0 Å². The molecule has 4 aromatic rings. The predicted octanol–water partition coefficient (Wildman–Crippen LogP) is 3.63. The second-order valence-corrected chi connectivity index (χ2v) is 10.8. The fraction of sp³-hybridized carbons (Fsp3) is 0.269.